The van der Waals surface area contributed by atoms with Gasteiger partial charge in [-0.1, -0.05) is 32.3 Å². The van der Waals surface area contributed by atoms with Crippen molar-refractivity contribution in [1.82, 2.24) is 9.88 Å². The van der Waals surface area contributed by atoms with Crippen molar-refractivity contribution in [2.75, 3.05) is 13.1 Å². The van der Waals surface area contributed by atoms with Gasteiger partial charge in [-0.05, 0) is 43.2 Å². The lowest BCUT2D eigenvalue weighted by molar-refractivity contribution is -0.134. The van der Waals surface area contributed by atoms with Crippen LogP contribution in [0.1, 0.15) is 57.6 Å². The van der Waals surface area contributed by atoms with Crippen LogP contribution in [-0.4, -0.2) is 28.9 Å². The maximum absolute atomic E-state index is 12.7. The van der Waals surface area contributed by atoms with E-state index < -0.39 is 5.41 Å². The minimum atomic E-state index is -0.532. The Morgan fingerprint density at radius 2 is 2.08 bits per heavy atom. The van der Waals surface area contributed by atoms with E-state index in [-0.39, 0.29) is 5.91 Å². The molecular formula is C20H27N3O. The number of aromatic nitrogens is 1. The van der Waals surface area contributed by atoms with Gasteiger partial charge in [0, 0.05) is 25.7 Å². The number of likely N-dealkylation sites (tertiary alicyclic amines) is 1. The van der Waals surface area contributed by atoms with Crippen LogP contribution in [0.2, 0.25) is 0 Å². The minimum Gasteiger partial charge on any atom is -0.343 e. The quantitative estimate of drug-likeness (QED) is 0.852. The molecule has 2 aliphatic rings. The van der Waals surface area contributed by atoms with E-state index in [0.29, 0.717) is 44.2 Å². The molecule has 1 saturated carbocycles. The number of piperidine rings is 1. The Morgan fingerprint density at radius 1 is 1.33 bits per heavy atom. The van der Waals surface area contributed by atoms with Gasteiger partial charge in [0.25, 0.3) is 0 Å². The maximum atomic E-state index is 12.7. The molecule has 1 aromatic heterocycles. The van der Waals surface area contributed by atoms with Crippen molar-refractivity contribution in [3.63, 3.8) is 0 Å². The van der Waals surface area contributed by atoms with Gasteiger partial charge in [-0.25, -0.2) is 0 Å². The molecule has 2 unspecified atom stereocenters. The molecule has 0 radical (unpaired) electrons. The normalized spacial score (nSPS) is 26.6. The van der Waals surface area contributed by atoms with Crippen LogP contribution >= 0.6 is 0 Å². The lowest BCUT2D eigenvalue weighted by Crippen LogP contribution is -2.45. The molecule has 3 rings (SSSR count). The fourth-order valence-corrected chi connectivity index (χ4v) is 4.26. The van der Waals surface area contributed by atoms with Gasteiger partial charge < -0.3 is 4.90 Å². The highest BCUT2D eigenvalue weighted by Crippen LogP contribution is 2.36. The first-order valence-corrected chi connectivity index (χ1v) is 9.25. The zero-order valence-corrected chi connectivity index (χ0v) is 14.6. The molecule has 2 fully saturated rings. The number of hydrogen-bond donors (Lipinski definition) is 0. The largest absolute Gasteiger partial charge is 0.343 e. The standard InChI is InChI=1S/C20H27N3O/c1-16-6-2-3-7-17(16)14-19(24)23-12-9-20(15-21,10-13-23)18-8-4-5-11-22-18/h4-5,8,11,16-17H,2-3,6-7,9-10,12-14H2,1H3. The third-order valence-corrected chi connectivity index (χ3v) is 6.06. The Balaban J connectivity index is 1.60. The molecule has 4 nitrogen and oxygen atoms in total. The highest BCUT2D eigenvalue weighted by Gasteiger charge is 2.39. The zero-order valence-electron chi connectivity index (χ0n) is 14.6. The monoisotopic (exact) mass is 325 g/mol. The van der Waals surface area contributed by atoms with E-state index in [4.69, 9.17) is 0 Å². The fourth-order valence-electron chi connectivity index (χ4n) is 4.26. The SMILES string of the molecule is CC1CCCCC1CC(=O)N1CCC(C#N)(c2ccccn2)CC1. The Hall–Kier alpha value is -1.89. The van der Waals surface area contributed by atoms with Crippen molar-refractivity contribution in [2.45, 2.75) is 57.3 Å². The topological polar surface area (TPSA) is 57.0 Å². The van der Waals surface area contributed by atoms with Crippen molar-refractivity contribution in [3.05, 3.63) is 30.1 Å². The van der Waals surface area contributed by atoms with Gasteiger partial charge in [-0.3, -0.25) is 9.78 Å². The number of nitriles is 1. The van der Waals surface area contributed by atoms with Crippen molar-refractivity contribution in [1.29, 1.82) is 5.26 Å². The molecule has 2 heterocycles. The number of carbonyl (C=O) groups excluding carboxylic acids is 1. The molecular weight excluding hydrogens is 298 g/mol. The summed E-state index contributed by atoms with van der Waals surface area (Å²) < 4.78 is 0. The number of amides is 1. The average molecular weight is 325 g/mol. The van der Waals surface area contributed by atoms with E-state index in [1.165, 1.54) is 25.7 Å². The third kappa shape index (κ3) is 3.45. The number of carbonyl (C=O) groups is 1. The van der Waals surface area contributed by atoms with Gasteiger partial charge in [-0.15, -0.1) is 0 Å². The summed E-state index contributed by atoms with van der Waals surface area (Å²) in [6.07, 6.45) is 8.83. The van der Waals surface area contributed by atoms with Crippen LogP contribution in [0.4, 0.5) is 0 Å². The molecule has 0 spiro atoms. The Labute approximate surface area is 144 Å². The maximum Gasteiger partial charge on any atom is 0.222 e. The molecule has 4 heteroatoms. The first-order chi connectivity index (χ1) is 11.6. The van der Waals surface area contributed by atoms with Gasteiger partial charge >= 0.3 is 0 Å². The summed E-state index contributed by atoms with van der Waals surface area (Å²) >= 11 is 0. The Kier molecular flexibility index (Phi) is 5.18. The molecule has 24 heavy (non-hydrogen) atoms. The molecule has 128 valence electrons. The molecule has 0 N–H and O–H groups in total. The third-order valence-electron chi connectivity index (χ3n) is 6.06. The molecule has 1 saturated heterocycles. The molecule has 0 bridgehead atoms. The predicted molar refractivity (Wildman–Crippen MR) is 93.1 cm³/mol. The fraction of sp³-hybridized carbons (Fsp3) is 0.650. The molecule has 1 amide bonds. The Bertz CT molecular complexity index is 599. The van der Waals surface area contributed by atoms with E-state index in [9.17, 15) is 10.1 Å². The van der Waals surface area contributed by atoms with Gasteiger partial charge in [0.1, 0.15) is 5.41 Å². The van der Waals surface area contributed by atoms with Crippen molar-refractivity contribution in [2.24, 2.45) is 11.8 Å². The first-order valence-electron chi connectivity index (χ1n) is 9.25. The number of pyridine rings is 1. The van der Waals surface area contributed by atoms with E-state index in [2.05, 4.69) is 18.0 Å². The smallest absolute Gasteiger partial charge is 0.222 e. The number of hydrogen-bond acceptors (Lipinski definition) is 3. The van der Waals surface area contributed by atoms with Gasteiger partial charge in [-0.2, -0.15) is 5.26 Å². The lowest BCUT2D eigenvalue weighted by atomic mass is 9.76. The van der Waals surface area contributed by atoms with Crippen LogP contribution in [0.25, 0.3) is 0 Å². The highest BCUT2D eigenvalue weighted by atomic mass is 16.2. The Morgan fingerprint density at radius 3 is 2.71 bits per heavy atom. The van der Waals surface area contributed by atoms with Crippen LogP contribution in [0.5, 0.6) is 0 Å². The van der Waals surface area contributed by atoms with Gasteiger partial charge in [0.15, 0.2) is 0 Å². The van der Waals surface area contributed by atoms with Crippen LogP contribution < -0.4 is 0 Å². The summed E-state index contributed by atoms with van der Waals surface area (Å²) in [6.45, 7) is 3.63. The van der Waals surface area contributed by atoms with E-state index in [0.717, 1.165) is 5.69 Å². The summed E-state index contributed by atoms with van der Waals surface area (Å²) in [7, 11) is 0. The molecule has 2 atom stereocenters. The molecule has 0 aromatic carbocycles. The van der Waals surface area contributed by atoms with Gasteiger partial charge in [0.05, 0.1) is 11.8 Å². The van der Waals surface area contributed by atoms with Crippen molar-refractivity contribution in [3.8, 4) is 6.07 Å². The first kappa shape index (κ1) is 17.0. The average Bonchev–Trinajstić information content (AvgIpc) is 2.64. The minimum absolute atomic E-state index is 0.279. The van der Waals surface area contributed by atoms with Crippen LogP contribution in [0, 0.1) is 23.2 Å². The summed E-state index contributed by atoms with van der Waals surface area (Å²) in [6, 6.07) is 8.22. The second-order valence-electron chi connectivity index (χ2n) is 7.52. The highest BCUT2D eigenvalue weighted by molar-refractivity contribution is 5.76. The van der Waals surface area contributed by atoms with Gasteiger partial charge in [0.2, 0.25) is 5.91 Å². The van der Waals surface area contributed by atoms with Crippen molar-refractivity contribution >= 4 is 5.91 Å². The molecule has 1 aliphatic carbocycles. The van der Waals surface area contributed by atoms with E-state index in [1.807, 2.05) is 23.1 Å². The van der Waals surface area contributed by atoms with E-state index >= 15 is 0 Å². The summed E-state index contributed by atoms with van der Waals surface area (Å²) in [4.78, 5) is 19.0. The molecule has 1 aromatic rings. The van der Waals surface area contributed by atoms with E-state index in [1.54, 1.807) is 6.20 Å². The zero-order chi connectivity index (χ0) is 17.0. The van der Waals surface area contributed by atoms with Crippen molar-refractivity contribution < 1.29 is 4.79 Å². The van der Waals surface area contributed by atoms with Crippen LogP contribution in [0.15, 0.2) is 24.4 Å². The second-order valence-corrected chi connectivity index (χ2v) is 7.52. The second kappa shape index (κ2) is 7.34. The summed E-state index contributed by atoms with van der Waals surface area (Å²) in [5.41, 5.74) is 0.316. The summed E-state index contributed by atoms with van der Waals surface area (Å²) in [5.74, 6) is 1.49. The number of rotatable bonds is 3. The van der Waals surface area contributed by atoms with Crippen LogP contribution in [0.3, 0.4) is 0 Å². The molecule has 1 aliphatic heterocycles. The lowest BCUT2D eigenvalue weighted by Gasteiger charge is -2.38. The van der Waals surface area contributed by atoms with Crippen LogP contribution in [-0.2, 0) is 10.2 Å². The predicted octanol–water partition coefficient (Wildman–Crippen LogP) is 3.68. The number of nitrogens with zero attached hydrogens (tertiary/aromatic N) is 3. The summed E-state index contributed by atoms with van der Waals surface area (Å²) in [5, 5.41) is 9.72.